The molecule has 0 radical (unpaired) electrons. The lowest BCUT2D eigenvalue weighted by molar-refractivity contribution is 0.210. The van der Waals surface area contributed by atoms with E-state index in [0.29, 0.717) is 5.69 Å². The Morgan fingerprint density at radius 3 is 2.42 bits per heavy atom. The van der Waals surface area contributed by atoms with E-state index in [0.717, 1.165) is 24.2 Å². The number of sulfonamides is 1. The minimum Gasteiger partial charge on any atom is -0.507 e. The maximum absolute atomic E-state index is 12.4. The molecule has 5 nitrogen and oxygen atoms in total. The molecule has 0 bridgehead atoms. The van der Waals surface area contributed by atoms with E-state index in [9.17, 15) is 13.5 Å². The Morgan fingerprint density at radius 2 is 1.75 bits per heavy atom. The summed E-state index contributed by atoms with van der Waals surface area (Å²) in [5, 5.41) is 9.81. The number of ether oxygens (including phenoxy) is 1. The van der Waals surface area contributed by atoms with E-state index < -0.39 is 10.0 Å². The number of rotatable bonds is 5. The van der Waals surface area contributed by atoms with Crippen LogP contribution in [0, 0.1) is 6.92 Å². The van der Waals surface area contributed by atoms with Crippen molar-refractivity contribution in [2.45, 2.75) is 43.6 Å². The number of anilines is 1. The van der Waals surface area contributed by atoms with Gasteiger partial charge in [0.15, 0.2) is 0 Å². The third kappa shape index (κ3) is 3.82. The first kappa shape index (κ1) is 16.6. The van der Waals surface area contributed by atoms with E-state index in [1.54, 1.807) is 37.3 Å². The molecule has 1 saturated carbocycles. The summed E-state index contributed by atoms with van der Waals surface area (Å²) >= 11 is 0. The van der Waals surface area contributed by atoms with Gasteiger partial charge >= 0.3 is 0 Å². The van der Waals surface area contributed by atoms with Crippen LogP contribution in [0.25, 0.3) is 0 Å². The minimum atomic E-state index is -3.84. The summed E-state index contributed by atoms with van der Waals surface area (Å²) in [4.78, 5) is -0.131. The molecule has 0 amide bonds. The predicted octanol–water partition coefficient (Wildman–Crippen LogP) is 3.82. The molecule has 6 heteroatoms. The van der Waals surface area contributed by atoms with Crippen molar-refractivity contribution in [3.05, 3.63) is 48.0 Å². The summed E-state index contributed by atoms with van der Waals surface area (Å²) in [5.41, 5.74) is 1.18. The fourth-order valence-corrected chi connectivity index (χ4v) is 4.09. The normalized spacial score (nSPS) is 15.4. The van der Waals surface area contributed by atoms with Crippen molar-refractivity contribution in [2.75, 3.05) is 4.72 Å². The molecular weight excluding hydrogens is 326 g/mol. The predicted molar refractivity (Wildman–Crippen MR) is 93.0 cm³/mol. The number of benzene rings is 2. The van der Waals surface area contributed by atoms with E-state index in [4.69, 9.17) is 4.74 Å². The van der Waals surface area contributed by atoms with Gasteiger partial charge in [0.05, 0.1) is 6.10 Å². The molecule has 2 aromatic carbocycles. The molecule has 3 rings (SSSR count). The molecule has 0 saturated heterocycles. The molecule has 1 aliphatic rings. The largest absolute Gasteiger partial charge is 0.507 e. The van der Waals surface area contributed by atoms with E-state index in [1.165, 1.54) is 25.0 Å². The fraction of sp³-hybridized carbons (Fsp3) is 0.333. The van der Waals surface area contributed by atoms with Crippen molar-refractivity contribution >= 4 is 15.7 Å². The van der Waals surface area contributed by atoms with Gasteiger partial charge in [-0.2, -0.15) is 0 Å². The highest BCUT2D eigenvalue weighted by Crippen LogP contribution is 2.28. The Bertz CT molecular complexity index is 809. The van der Waals surface area contributed by atoms with Crippen LogP contribution in [-0.2, 0) is 10.0 Å². The first-order valence-electron chi connectivity index (χ1n) is 8.03. The SMILES string of the molecule is Cc1ccc(O)c(S(=O)(=O)Nc2ccc(OC3CCCC3)cc2)c1. The highest BCUT2D eigenvalue weighted by atomic mass is 32.2. The summed E-state index contributed by atoms with van der Waals surface area (Å²) in [6, 6.07) is 11.3. The van der Waals surface area contributed by atoms with Gasteiger partial charge in [0.25, 0.3) is 10.0 Å². The van der Waals surface area contributed by atoms with Gasteiger partial charge in [-0.3, -0.25) is 4.72 Å². The van der Waals surface area contributed by atoms with Gasteiger partial charge in [-0.1, -0.05) is 6.07 Å². The number of nitrogens with one attached hydrogen (secondary N) is 1. The average molecular weight is 347 g/mol. The average Bonchev–Trinajstić information content (AvgIpc) is 3.04. The van der Waals surface area contributed by atoms with Crippen molar-refractivity contribution in [1.82, 2.24) is 0 Å². The molecule has 2 N–H and O–H groups in total. The molecule has 0 aromatic heterocycles. The fourth-order valence-electron chi connectivity index (χ4n) is 2.85. The van der Waals surface area contributed by atoms with Gasteiger partial charge in [0.2, 0.25) is 0 Å². The molecule has 1 aliphatic carbocycles. The van der Waals surface area contributed by atoms with Gasteiger partial charge < -0.3 is 9.84 Å². The Hall–Kier alpha value is -2.21. The molecule has 0 atom stereocenters. The van der Waals surface area contributed by atoms with Gasteiger partial charge in [-0.25, -0.2) is 8.42 Å². The smallest absolute Gasteiger partial charge is 0.265 e. The van der Waals surface area contributed by atoms with E-state index >= 15 is 0 Å². The minimum absolute atomic E-state index is 0.131. The third-order valence-corrected chi connectivity index (χ3v) is 5.53. The molecule has 1 fully saturated rings. The molecule has 24 heavy (non-hydrogen) atoms. The second-order valence-electron chi connectivity index (χ2n) is 6.13. The number of aryl methyl sites for hydroxylation is 1. The Balaban J connectivity index is 1.73. The lowest BCUT2D eigenvalue weighted by atomic mass is 10.2. The van der Waals surface area contributed by atoms with Crippen LogP contribution in [0.15, 0.2) is 47.4 Å². The third-order valence-electron chi connectivity index (χ3n) is 4.12. The summed E-state index contributed by atoms with van der Waals surface area (Å²) < 4.78 is 33.2. The molecule has 128 valence electrons. The zero-order valence-electron chi connectivity index (χ0n) is 13.5. The number of phenols is 1. The first-order valence-corrected chi connectivity index (χ1v) is 9.51. The Morgan fingerprint density at radius 1 is 1.08 bits per heavy atom. The Kier molecular flexibility index (Phi) is 4.66. The van der Waals surface area contributed by atoms with Crippen LogP contribution in [0.5, 0.6) is 11.5 Å². The van der Waals surface area contributed by atoms with Crippen LogP contribution < -0.4 is 9.46 Å². The summed E-state index contributed by atoms with van der Waals surface area (Å²) in [6.07, 6.45) is 4.80. The quantitative estimate of drug-likeness (QED) is 0.862. The van der Waals surface area contributed by atoms with Crippen molar-refractivity contribution in [2.24, 2.45) is 0 Å². The monoisotopic (exact) mass is 347 g/mol. The summed E-state index contributed by atoms with van der Waals surface area (Å²) in [7, 11) is -3.84. The number of aromatic hydroxyl groups is 1. The van der Waals surface area contributed by atoms with E-state index in [-0.39, 0.29) is 16.7 Å². The van der Waals surface area contributed by atoms with Gasteiger partial charge in [-0.15, -0.1) is 0 Å². The Labute approximate surface area is 142 Å². The number of phenolic OH excluding ortho intramolecular Hbond substituents is 1. The second kappa shape index (κ2) is 6.73. The van der Waals surface area contributed by atoms with Gasteiger partial charge in [0, 0.05) is 5.69 Å². The van der Waals surface area contributed by atoms with E-state index in [1.807, 2.05) is 0 Å². The number of hydrogen-bond acceptors (Lipinski definition) is 4. The zero-order chi connectivity index (χ0) is 17.2. The van der Waals surface area contributed by atoms with Crippen LogP contribution in [0.3, 0.4) is 0 Å². The van der Waals surface area contributed by atoms with Gasteiger partial charge in [-0.05, 0) is 74.6 Å². The van der Waals surface area contributed by atoms with E-state index in [2.05, 4.69) is 4.72 Å². The van der Waals surface area contributed by atoms with Gasteiger partial charge in [0.1, 0.15) is 16.4 Å². The maximum Gasteiger partial charge on any atom is 0.265 e. The molecule has 0 unspecified atom stereocenters. The molecule has 2 aromatic rings. The standard InChI is InChI=1S/C18H21NO4S/c1-13-6-11-17(20)18(12-13)24(21,22)19-14-7-9-16(10-8-14)23-15-4-2-3-5-15/h6-12,15,19-20H,2-5H2,1H3. The van der Waals surface area contributed by atoms with Crippen LogP contribution in [0.2, 0.25) is 0 Å². The molecule has 0 aliphatic heterocycles. The summed E-state index contributed by atoms with van der Waals surface area (Å²) in [6.45, 7) is 1.77. The van der Waals surface area contributed by atoms with Crippen LogP contribution >= 0.6 is 0 Å². The van der Waals surface area contributed by atoms with Crippen molar-refractivity contribution in [3.63, 3.8) is 0 Å². The lowest BCUT2D eigenvalue weighted by Gasteiger charge is -2.14. The summed E-state index contributed by atoms with van der Waals surface area (Å²) in [5.74, 6) is 0.470. The molecular formula is C18H21NO4S. The van der Waals surface area contributed by atoms with Crippen molar-refractivity contribution in [3.8, 4) is 11.5 Å². The zero-order valence-corrected chi connectivity index (χ0v) is 14.3. The topological polar surface area (TPSA) is 75.6 Å². The molecule has 0 heterocycles. The number of hydrogen-bond donors (Lipinski definition) is 2. The first-order chi connectivity index (χ1) is 11.4. The highest BCUT2D eigenvalue weighted by Gasteiger charge is 2.19. The van der Waals surface area contributed by atoms with Crippen molar-refractivity contribution < 1.29 is 18.3 Å². The van der Waals surface area contributed by atoms with Crippen LogP contribution in [-0.4, -0.2) is 19.6 Å². The maximum atomic E-state index is 12.4. The highest BCUT2D eigenvalue weighted by molar-refractivity contribution is 7.92. The lowest BCUT2D eigenvalue weighted by Crippen LogP contribution is -2.14. The second-order valence-corrected chi connectivity index (χ2v) is 7.78. The van der Waals surface area contributed by atoms with Crippen LogP contribution in [0.4, 0.5) is 5.69 Å². The van der Waals surface area contributed by atoms with Crippen LogP contribution in [0.1, 0.15) is 31.2 Å². The molecule has 0 spiro atoms. The van der Waals surface area contributed by atoms with Crippen molar-refractivity contribution in [1.29, 1.82) is 0 Å².